The summed E-state index contributed by atoms with van der Waals surface area (Å²) in [6, 6.07) is 10.1. The van der Waals surface area contributed by atoms with Crippen LogP contribution >= 0.6 is 35.7 Å². The molecule has 144 valence electrons. The molecule has 1 aromatic heterocycles. The Morgan fingerprint density at radius 2 is 2.04 bits per heavy atom. The minimum absolute atomic E-state index is 0. The van der Waals surface area contributed by atoms with Gasteiger partial charge in [0.15, 0.2) is 5.96 Å². The molecule has 0 aliphatic rings. The van der Waals surface area contributed by atoms with Crippen LogP contribution in [-0.2, 0) is 13.0 Å². The SMILES string of the molecule is COc1cc(C)ccc1CN=C(NCCSC)NCCc1ccco1.I. The molecule has 0 spiro atoms. The van der Waals surface area contributed by atoms with Crippen molar-refractivity contribution >= 4 is 41.7 Å². The van der Waals surface area contributed by atoms with Gasteiger partial charge in [-0.25, -0.2) is 4.99 Å². The summed E-state index contributed by atoms with van der Waals surface area (Å²) in [5, 5.41) is 6.73. The van der Waals surface area contributed by atoms with Crippen LogP contribution in [0.5, 0.6) is 5.75 Å². The topological polar surface area (TPSA) is 58.8 Å². The third-order valence-corrected chi connectivity index (χ3v) is 4.31. The molecule has 26 heavy (non-hydrogen) atoms. The summed E-state index contributed by atoms with van der Waals surface area (Å²) >= 11 is 1.81. The number of benzene rings is 1. The molecule has 0 unspecified atom stereocenters. The zero-order valence-electron chi connectivity index (χ0n) is 15.6. The Balaban J connectivity index is 0.00000338. The highest BCUT2D eigenvalue weighted by atomic mass is 127. The Labute approximate surface area is 177 Å². The number of hydrogen-bond acceptors (Lipinski definition) is 4. The monoisotopic (exact) mass is 489 g/mol. The highest BCUT2D eigenvalue weighted by molar-refractivity contribution is 14.0. The number of nitrogens with one attached hydrogen (secondary N) is 2. The maximum Gasteiger partial charge on any atom is 0.191 e. The molecule has 2 rings (SSSR count). The van der Waals surface area contributed by atoms with E-state index in [9.17, 15) is 0 Å². The molecule has 1 heterocycles. The number of rotatable bonds is 9. The summed E-state index contributed by atoms with van der Waals surface area (Å²) < 4.78 is 10.8. The van der Waals surface area contributed by atoms with Crippen molar-refractivity contribution in [3.05, 3.63) is 53.5 Å². The van der Waals surface area contributed by atoms with Gasteiger partial charge in [-0.2, -0.15) is 11.8 Å². The third-order valence-electron chi connectivity index (χ3n) is 3.69. The van der Waals surface area contributed by atoms with Crippen molar-refractivity contribution in [2.45, 2.75) is 19.9 Å². The van der Waals surface area contributed by atoms with Crippen LogP contribution in [0.25, 0.3) is 0 Å². The van der Waals surface area contributed by atoms with Crippen molar-refractivity contribution in [2.24, 2.45) is 4.99 Å². The molecular weight excluding hydrogens is 461 g/mol. The van der Waals surface area contributed by atoms with Gasteiger partial charge < -0.3 is 19.8 Å². The molecule has 0 radical (unpaired) electrons. The first-order chi connectivity index (χ1) is 12.2. The van der Waals surface area contributed by atoms with E-state index in [0.29, 0.717) is 6.54 Å². The maximum atomic E-state index is 5.46. The van der Waals surface area contributed by atoms with Crippen molar-refractivity contribution in [1.29, 1.82) is 0 Å². The number of aliphatic imine (C=N–C) groups is 1. The fourth-order valence-corrected chi connectivity index (χ4v) is 2.66. The predicted octanol–water partition coefficient (Wildman–Crippen LogP) is 3.86. The van der Waals surface area contributed by atoms with Gasteiger partial charge in [0.25, 0.3) is 0 Å². The van der Waals surface area contributed by atoms with Gasteiger partial charge in [0.2, 0.25) is 0 Å². The summed E-state index contributed by atoms with van der Waals surface area (Å²) in [4.78, 5) is 4.70. The second kappa shape index (κ2) is 12.9. The molecule has 5 nitrogen and oxygen atoms in total. The van der Waals surface area contributed by atoms with Crippen LogP contribution in [0.4, 0.5) is 0 Å². The fraction of sp³-hybridized carbons (Fsp3) is 0.421. The van der Waals surface area contributed by atoms with Crippen molar-refractivity contribution < 1.29 is 9.15 Å². The van der Waals surface area contributed by atoms with Crippen LogP contribution in [0, 0.1) is 6.92 Å². The Morgan fingerprint density at radius 1 is 1.23 bits per heavy atom. The van der Waals surface area contributed by atoms with Crippen molar-refractivity contribution in [2.75, 3.05) is 32.2 Å². The molecule has 2 aromatic rings. The number of ether oxygens (including phenoxy) is 1. The summed E-state index contributed by atoms with van der Waals surface area (Å²) in [6.45, 7) is 4.27. The molecule has 0 atom stereocenters. The summed E-state index contributed by atoms with van der Waals surface area (Å²) in [7, 11) is 1.70. The van der Waals surface area contributed by atoms with E-state index >= 15 is 0 Å². The van der Waals surface area contributed by atoms with Gasteiger partial charge >= 0.3 is 0 Å². The molecule has 7 heteroatoms. The number of aryl methyl sites for hydroxylation is 1. The minimum atomic E-state index is 0. The number of halogens is 1. The van der Waals surface area contributed by atoms with Gasteiger partial charge in [-0.15, -0.1) is 24.0 Å². The van der Waals surface area contributed by atoms with Crippen LogP contribution in [0.15, 0.2) is 46.0 Å². The molecule has 0 aliphatic heterocycles. The Morgan fingerprint density at radius 3 is 2.73 bits per heavy atom. The number of hydrogen-bond donors (Lipinski definition) is 2. The van der Waals surface area contributed by atoms with E-state index in [1.54, 1.807) is 13.4 Å². The summed E-state index contributed by atoms with van der Waals surface area (Å²) in [5.41, 5.74) is 2.25. The van der Waals surface area contributed by atoms with Gasteiger partial charge in [0.1, 0.15) is 11.5 Å². The fourth-order valence-electron chi connectivity index (χ4n) is 2.35. The van der Waals surface area contributed by atoms with Gasteiger partial charge in [0, 0.05) is 30.8 Å². The maximum absolute atomic E-state index is 5.46. The molecule has 0 fully saturated rings. The molecule has 0 amide bonds. The molecule has 1 aromatic carbocycles. The van der Waals surface area contributed by atoms with Gasteiger partial charge in [-0.05, 0) is 36.9 Å². The zero-order valence-corrected chi connectivity index (χ0v) is 18.7. The Kier molecular flexibility index (Phi) is 11.3. The quantitative estimate of drug-likeness (QED) is 0.243. The number of furan rings is 1. The predicted molar refractivity (Wildman–Crippen MR) is 121 cm³/mol. The number of guanidine groups is 1. The number of nitrogens with zero attached hydrogens (tertiary/aromatic N) is 1. The van der Waals surface area contributed by atoms with E-state index in [4.69, 9.17) is 14.1 Å². The molecular formula is C19H28IN3O2S. The summed E-state index contributed by atoms with van der Waals surface area (Å²) in [6.07, 6.45) is 4.62. The van der Waals surface area contributed by atoms with Crippen molar-refractivity contribution in [3.63, 3.8) is 0 Å². The van der Waals surface area contributed by atoms with E-state index in [-0.39, 0.29) is 24.0 Å². The van der Waals surface area contributed by atoms with Crippen LogP contribution < -0.4 is 15.4 Å². The van der Waals surface area contributed by atoms with Crippen LogP contribution in [0.1, 0.15) is 16.9 Å². The average Bonchev–Trinajstić information content (AvgIpc) is 3.13. The number of thioether (sulfide) groups is 1. The van der Waals surface area contributed by atoms with Gasteiger partial charge in [-0.1, -0.05) is 12.1 Å². The minimum Gasteiger partial charge on any atom is -0.496 e. The van der Waals surface area contributed by atoms with E-state index in [1.807, 2.05) is 30.0 Å². The lowest BCUT2D eigenvalue weighted by molar-refractivity contribution is 0.409. The number of methoxy groups -OCH3 is 1. The third kappa shape index (κ3) is 7.90. The molecule has 0 bridgehead atoms. The van der Waals surface area contributed by atoms with Crippen LogP contribution in [0.2, 0.25) is 0 Å². The molecule has 2 N–H and O–H groups in total. The largest absolute Gasteiger partial charge is 0.496 e. The zero-order chi connectivity index (χ0) is 17.9. The van der Waals surface area contributed by atoms with E-state index in [2.05, 4.69) is 35.9 Å². The highest BCUT2D eigenvalue weighted by Gasteiger charge is 2.04. The summed E-state index contributed by atoms with van der Waals surface area (Å²) in [5.74, 6) is 3.69. The Hall–Kier alpha value is -1.35. The van der Waals surface area contributed by atoms with Gasteiger partial charge in [0.05, 0.1) is 19.9 Å². The highest BCUT2D eigenvalue weighted by Crippen LogP contribution is 2.20. The average molecular weight is 489 g/mol. The Bertz CT molecular complexity index is 663. The lowest BCUT2D eigenvalue weighted by atomic mass is 10.1. The van der Waals surface area contributed by atoms with Crippen molar-refractivity contribution in [1.82, 2.24) is 10.6 Å². The van der Waals surface area contributed by atoms with Crippen LogP contribution in [-0.4, -0.2) is 38.2 Å². The van der Waals surface area contributed by atoms with Gasteiger partial charge in [-0.3, -0.25) is 0 Å². The first kappa shape index (κ1) is 22.7. The normalized spacial score (nSPS) is 11.0. The lowest BCUT2D eigenvalue weighted by Crippen LogP contribution is -2.39. The second-order valence-electron chi connectivity index (χ2n) is 5.66. The first-order valence-corrected chi connectivity index (χ1v) is 9.79. The van der Waals surface area contributed by atoms with Crippen LogP contribution in [0.3, 0.4) is 0 Å². The standard InChI is InChI=1S/C19H27N3O2S.HI/c1-15-6-7-16(18(13-15)23-2)14-22-19(21-10-12-25-3)20-9-8-17-5-4-11-24-17;/h4-7,11,13H,8-10,12,14H2,1-3H3,(H2,20,21,22);1H. The molecule has 0 saturated carbocycles. The lowest BCUT2D eigenvalue weighted by Gasteiger charge is -2.13. The van der Waals surface area contributed by atoms with E-state index in [0.717, 1.165) is 48.3 Å². The molecule has 0 saturated heterocycles. The second-order valence-corrected chi connectivity index (χ2v) is 6.64. The van der Waals surface area contributed by atoms with Crippen molar-refractivity contribution in [3.8, 4) is 5.75 Å². The first-order valence-electron chi connectivity index (χ1n) is 8.40. The van der Waals surface area contributed by atoms with E-state index in [1.165, 1.54) is 5.56 Å². The molecule has 0 aliphatic carbocycles. The van der Waals surface area contributed by atoms with E-state index < -0.39 is 0 Å². The smallest absolute Gasteiger partial charge is 0.191 e.